The smallest absolute Gasteiger partial charge is 0.269 e. The molecule has 32 heavy (non-hydrogen) atoms. The summed E-state index contributed by atoms with van der Waals surface area (Å²) in [7, 11) is 0. The van der Waals surface area contributed by atoms with E-state index in [1.807, 2.05) is 0 Å². The molecule has 0 spiro atoms. The van der Waals surface area contributed by atoms with Crippen molar-refractivity contribution in [1.29, 1.82) is 0 Å². The van der Waals surface area contributed by atoms with Crippen molar-refractivity contribution >= 4 is 12.0 Å². The molecule has 2 aromatic rings. The highest BCUT2D eigenvalue weighted by Crippen LogP contribution is 2.58. The molecule has 0 aliphatic heterocycles. The molecule has 0 saturated heterocycles. The number of pyridine rings is 1. The first-order valence-corrected chi connectivity index (χ1v) is 10.9. The van der Waals surface area contributed by atoms with Crippen LogP contribution in [0.4, 0.5) is 5.69 Å². The lowest BCUT2D eigenvalue weighted by molar-refractivity contribution is -0.536. The Labute approximate surface area is 184 Å². The van der Waals surface area contributed by atoms with Gasteiger partial charge in [0.25, 0.3) is 5.69 Å². The third-order valence-electron chi connectivity index (χ3n) is 7.25. The highest BCUT2D eigenvalue weighted by molar-refractivity contribution is 5.62. The molecule has 9 nitrogen and oxygen atoms in total. The van der Waals surface area contributed by atoms with E-state index in [-0.39, 0.29) is 22.2 Å². The monoisotopic (exact) mass is 439 g/mol. The number of hydrogen-bond donors (Lipinski definition) is 1. The SMILES string of the molecule is O=C[C@@H]1[C@@H](c2ccc([N+](=O)[O-])cc2)[C@H]([N+](=O)[O-])[C@H](C2CCCCC2)[C@@]1(O)c1ccccn1. The second kappa shape index (κ2) is 8.74. The summed E-state index contributed by atoms with van der Waals surface area (Å²) >= 11 is 0. The second-order valence-electron chi connectivity index (χ2n) is 8.78. The third-order valence-corrected chi connectivity index (χ3v) is 7.25. The quantitative estimate of drug-likeness (QED) is 0.412. The molecule has 168 valence electrons. The van der Waals surface area contributed by atoms with Gasteiger partial charge in [0.2, 0.25) is 6.04 Å². The molecule has 1 heterocycles. The van der Waals surface area contributed by atoms with Crippen LogP contribution in [-0.4, -0.2) is 32.3 Å². The van der Waals surface area contributed by atoms with Gasteiger partial charge in [0, 0.05) is 23.3 Å². The zero-order valence-corrected chi connectivity index (χ0v) is 17.4. The van der Waals surface area contributed by atoms with E-state index in [2.05, 4.69) is 4.98 Å². The first kappa shape index (κ1) is 22.0. The fourth-order valence-corrected chi connectivity index (χ4v) is 5.94. The van der Waals surface area contributed by atoms with Crippen LogP contribution in [0.3, 0.4) is 0 Å². The van der Waals surface area contributed by atoms with Gasteiger partial charge >= 0.3 is 0 Å². The van der Waals surface area contributed by atoms with Crippen molar-refractivity contribution < 1.29 is 19.7 Å². The zero-order chi connectivity index (χ0) is 22.9. The van der Waals surface area contributed by atoms with Crippen LogP contribution in [0.5, 0.6) is 0 Å². The first-order chi connectivity index (χ1) is 15.4. The summed E-state index contributed by atoms with van der Waals surface area (Å²) < 4.78 is 0. The third kappa shape index (κ3) is 3.56. The molecule has 2 aliphatic carbocycles. The molecule has 1 aromatic carbocycles. The normalized spacial score (nSPS) is 30.7. The van der Waals surface area contributed by atoms with E-state index in [0.717, 1.165) is 32.1 Å². The molecule has 2 fully saturated rings. The largest absolute Gasteiger partial charge is 0.382 e. The van der Waals surface area contributed by atoms with Crippen molar-refractivity contribution in [3.05, 3.63) is 80.1 Å². The van der Waals surface area contributed by atoms with Gasteiger partial charge in [-0.1, -0.05) is 37.5 Å². The van der Waals surface area contributed by atoms with Gasteiger partial charge in [-0.25, -0.2) is 0 Å². The molecule has 0 bridgehead atoms. The van der Waals surface area contributed by atoms with Crippen LogP contribution in [0, 0.1) is 38.0 Å². The van der Waals surface area contributed by atoms with Gasteiger partial charge in [-0.2, -0.15) is 0 Å². The summed E-state index contributed by atoms with van der Waals surface area (Å²) in [6, 6.07) is 9.25. The minimum Gasteiger partial charge on any atom is -0.382 e. The molecular weight excluding hydrogens is 414 g/mol. The van der Waals surface area contributed by atoms with Gasteiger partial charge in [-0.05, 0) is 36.5 Å². The molecule has 1 N–H and O–H groups in total. The number of aldehydes is 1. The van der Waals surface area contributed by atoms with Crippen LogP contribution >= 0.6 is 0 Å². The van der Waals surface area contributed by atoms with Gasteiger partial charge in [0.1, 0.15) is 11.9 Å². The van der Waals surface area contributed by atoms with E-state index in [1.165, 1.54) is 30.5 Å². The molecule has 0 radical (unpaired) electrons. The van der Waals surface area contributed by atoms with E-state index in [4.69, 9.17) is 0 Å². The number of rotatable bonds is 6. The van der Waals surface area contributed by atoms with Gasteiger partial charge in [-0.15, -0.1) is 0 Å². The Kier molecular flexibility index (Phi) is 6.01. The Morgan fingerprint density at radius 2 is 1.72 bits per heavy atom. The van der Waals surface area contributed by atoms with Gasteiger partial charge in [0.15, 0.2) is 0 Å². The van der Waals surface area contributed by atoms with E-state index >= 15 is 0 Å². The first-order valence-electron chi connectivity index (χ1n) is 10.9. The predicted molar refractivity (Wildman–Crippen MR) is 114 cm³/mol. The molecule has 5 atom stereocenters. The minimum atomic E-state index is -1.81. The lowest BCUT2D eigenvalue weighted by atomic mass is 9.69. The van der Waals surface area contributed by atoms with E-state index in [0.29, 0.717) is 11.8 Å². The molecular formula is C23H25N3O6. The number of nitrogens with zero attached hydrogens (tertiary/aromatic N) is 3. The van der Waals surface area contributed by atoms with Gasteiger partial charge in [0.05, 0.1) is 28.4 Å². The van der Waals surface area contributed by atoms with Crippen molar-refractivity contribution in [2.45, 2.75) is 49.7 Å². The van der Waals surface area contributed by atoms with Gasteiger partial charge < -0.3 is 9.90 Å². The molecule has 0 amide bonds. The summed E-state index contributed by atoms with van der Waals surface area (Å²) in [6.07, 6.45) is 6.45. The summed E-state index contributed by atoms with van der Waals surface area (Å²) in [6.45, 7) is 0. The van der Waals surface area contributed by atoms with Crippen molar-refractivity contribution in [2.75, 3.05) is 0 Å². The summed E-state index contributed by atoms with van der Waals surface area (Å²) in [5, 5.41) is 35.6. The molecule has 9 heteroatoms. The van der Waals surface area contributed by atoms with Crippen molar-refractivity contribution in [2.24, 2.45) is 17.8 Å². The molecule has 0 unspecified atom stereocenters. The number of hydrogen-bond acceptors (Lipinski definition) is 7. The molecule has 2 aliphatic rings. The number of carbonyl (C=O) groups excluding carboxylic acids is 1. The Bertz CT molecular complexity index is 993. The zero-order valence-electron chi connectivity index (χ0n) is 17.4. The summed E-state index contributed by atoms with van der Waals surface area (Å²) in [4.78, 5) is 39.3. The van der Waals surface area contributed by atoms with E-state index in [9.17, 15) is 30.1 Å². The van der Waals surface area contributed by atoms with Crippen LogP contribution in [0.1, 0.15) is 49.3 Å². The number of carbonyl (C=O) groups is 1. The lowest BCUT2D eigenvalue weighted by Gasteiger charge is -2.38. The number of benzene rings is 1. The van der Waals surface area contributed by atoms with Crippen molar-refractivity contribution in [3.8, 4) is 0 Å². The van der Waals surface area contributed by atoms with Crippen molar-refractivity contribution in [1.82, 2.24) is 4.98 Å². The highest BCUT2D eigenvalue weighted by Gasteiger charge is 2.68. The van der Waals surface area contributed by atoms with Crippen LogP contribution < -0.4 is 0 Å². The number of nitro groups is 2. The predicted octanol–water partition coefficient (Wildman–Crippen LogP) is 3.63. The fourth-order valence-electron chi connectivity index (χ4n) is 5.94. The second-order valence-corrected chi connectivity index (χ2v) is 8.78. The molecule has 2 saturated carbocycles. The number of non-ortho nitro benzene ring substituents is 1. The highest BCUT2D eigenvalue weighted by atomic mass is 16.6. The van der Waals surface area contributed by atoms with Crippen LogP contribution in [0.25, 0.3) is 0 Å². The Morgan fingerprint density at radius 1 is 1.03 bits per heavy atom. The van der Waals surface area contributed by atoms with Crippen LogP contribution in [-0.2, 0) is 10.4 Å². The Hall–Kier alpha value is -3.20. The minimum absolute atomic E-state index is 0.128. The molecule has 1 aromatic heterocycles. The fraction of sp³-hybridized carbons (Fsp3) is 0.478. The van der Waals surface area contributed by atoms with Crippen LogP contribution in [0.2, 0.25) is 0 Å². The average Bonchev–Trinajstić information content (AvgIpc) is 3.10. The lowest BCUT2D eigenvalue weighted by Crippen LogP contribution is -2.46. The maximum absolute atomic E-state index is 12.4. The maximum Gasteiger partial charge on any atom is 0.269 e. The number of aromatic nitrogens is 1. The Balaban J connectivity index is 1.90. The van der Waals surface area contributed by atoms with E-state index < -0.39 is 34.3 Å². The standard InChI is InChI=1S/C23H25N3O6/c27-14-18-20(15-9-11-17(12-10-15)25(29)30)22(26(31)32)21(16-6-2-1-3-7-16)23(18,28)19-8-4-5-13-24-19/h4-5,8-14,16,18,20-22,28H,1-3,6-7H2/t18-,20-,21+,22+,23+/m1/s1. The van der Waals surface area contributed by atoms with Gasteiger partial charge in [-0.3, -0.25) is 25.2 Å². The topological polar surface area (TPSA) is 136 Å². The Morgan fingerprint density at radius 3 is 2.25 bits per heavy atom. The molecule has 4 rings (SSSR count). The van der Waals surface area contributed by atoms with Crippen LogP contribution in [0.15, 0.2) is 48.7 Å². The average molecular weight is 439 g/mol. The van der Waals surface area contributed by atoms with E-state index in [1.54, 1.807) is 18.2 Å². The number of nitro benzene ring substituents is 1. The summed E-state index contributed by atoms with van der Waals surface area (Å²) in [5.41, 5.74) is -1.27. The number of aliphatic hydroxyl groups is 1. The van der Waals surface area contributed by atoms with Crippen molar-refractivity contribution in [3.63, 3.8) is 0 Å². The maximum atomic E-state index is 12.4. The summed E-state index contributed by atoms with van der Waals surface area (Å²) in [5.74, 6) is -2.97.